The number of nitro benzene ring substituents is 1. The highest BCUT2D eigenvalue weighted by atomic mass is 33.1. The number of amides is 1. The number of nitrogens with zero attached hydrogens (tertiary/aromatic N) is 2. The Morgan fingerprint density at radius 1 is 1.24 bits per heavy atom. The fraction of sp³-hybridized carbons (Fsp3) is 0.440. The van der Waals surface area contributed by atoms with Gasteiger partial charge in [0.25, 0.3) is 11.2 Å². The van der Waals surface area contributed by atoms with Crippen LogP contribution in [0.25, 0.3) is 0 Å². The van der Waals surface area contributed by atoms with E-state index in [9.17, 15) is 29.3 Å². The second kappa shape index (κ2) is 15.4. The van der Waals surface area contributed by atoms with Crippen LogP contribution in [0.15, 0.2) is 57.1 Å². The highest BCUT2D eigenvalue weighted by molar-refractivity contribution is 8.76. The number of aryl methyl sites for hydroxylation is 1. The summed E-state index contributed by atoms with van der Waals surface area (Å²) in [5.41, 5.74) is -1.16. The number of aliphatic hydroxyl groups is 1. The van der Waals surface area contributed by atoms with Crippen molar-refractivity contribution in [2.45, 2.75) is 56.6 Å². The van der Waals surface area contributed by atoms with Gasteiger partial charge in [-0.15, -0.1) is 0 Å². The zero-order chi connectivity index (χ0) is 30.7. The fourth-order valence-corrected chi connectivity index (χ4v) is 5.24. The first-order chi connectivity index (χ1) is 19.2. The van der Waals surface area contributed by atoms with Crippen molar-refractivity contribution in [1.82, 2.24) is 14.9 Å². The number of hydrogen-bond donors (Lipinski definition) is 3. The maximum absolute atomic E-state index is 11.8. The lowest BCUT2D eigenvalue weighted by Crippen LogP contribution is -2.45. The lowest BCUT2D eigenvalue weighted by molar-refractivity contribution is -0.384. The molecule has 1 aromatic heterocycles. The number of carbonyl (C=O) groups excluding carboxylic acids is 2. The number of carbonyl (C=O) groups is 2. The van der Waals surface area contributed by atoms with Crippen LogP contribution in [0.2, 0.25) is 0 Å². The van der Waals surface area contributed by atoms with E-state index in [0.29, 0.717) is 5.56 Å². The first kappa shape index (κ1) is 33.6. The Kier molecular flexibility index (Phi) is 12.6. The smallest absolute Gasteiger partial charge is 0.408 e. The van der Waals surface area contributed by atoms with E-state index < -0.39 is 52.2 Å². The van der Waals surface area contributed by atoms with Crippen molar-refractivity contribution in [2.75, 3.05) is 19.5 Å². The highest BCUT2D eigenvalue weighted by Crippen LogP contribution is 2.32. The van der Waals surface area contributed by atoms with Crippen LogP contribution >= 0.6 is 21.6 Å². The standard InChI is InChI=1S/C15H20N2O6S2.C10H12N2O4/c1-15(2,3)23-14(19)16-12(13(18)22-4)9-24-25-11-7-5-10(6-8-11)17(20)21;1-6-4-12(10(15)11-9(6)14)8-3-2-7(5-13)16-8/h5-8,12H,9H2,1-4H3,(H,16,19);2-4,7-8,13H,5H2,1H3,(H,11,14,15)/t12-;7-,8+/m00/s1. The van der Waals surface area contributed by atoms with Gasteiger partial charge in [0.15, 0.2) is 6.23 Å². The van der Waals surface area contributed by atoms with Crippen molar-refractivity contribution in [2.24, 2.45) is 0 Å². The van der Waals surface area contributed by atoms with E-state index >= 15 is 0 Å². The molecule has 3 rings (SSSR count). The number of methoxy groups -OCH3 is 1. The third-order valence-electron chi connectivity index (χ3n) is 5.02. The molecule has 1 aromatic carbocycles. The van der Waals surface area contributed by atoms with Crippen LogP contribution in [0.4, 0.5) is 10.5 Å². The molecule has 0 saturated heterocycles. The lowest BCUT2D eigenvalue weighted by atomic mass is 10.2. The average molecular weight is 613 g/mol. The molecule has 1 aliphatic rings. The Hall–Kier alpha value is -3.60. The first-order valence-electron chi connectivity index (χ1n) is 12.1. The van der Waals surface area contributed by atoms with Crippen LogP contribution in [-0.2, 0) is 19.0 Å². The normalized spacial score (nSPS) is 16.7. The third kappa shape index (κ3) is 11.1. The Labute approximate surface area is 243 Å². The molecule has 1 amide bonds. The van der Waals surface area contributed by atoms with Crippen LogP contribution in [-0.4, -0.2) is 68.9 Å². The van der Waals surface area contributed by atoms with E-state index in [1.807, 2.05) is 0 Å². The molecule has 3 atom stereocenters. The van der Waals surface area contributed by atoms with Crippen LogP contribution in [0.1, 0.15) is 32.6 Å². The molecule has 2 heterocycles. The molecule has 1 aliphatic heterocycles. The summed E-state index contributed by atoms with van der Waals surface area (Å²) in [5, 5.41) is 22.0. The van der Waals surface area contributed by atoms with Gasteiger partial charge < -0.3 is 24.6 Å². The van der Waals surface area contributed by atoms with Crippen molar-refractivity contribution >= 4 is 39.3 Å². The van der Waals surface area contributed by atoms with Crippen molar-refractivity contribution in [1.29, 1.82) is 0 Å². The molecule has 224 valence electrons. The topological polar surface area (TPSA) is 192 Å². The van der Waals surface area contributed by atoms with Gasteiger partial charge in [0.2, 0.25) is 0 Å². The summed E-state index contributed by atoms with van der Waals surface area (Å²) in [6.45, 7) is 6.64. The lowest BCUT2D eigenvalue weighted by Gasteiger charge is -2.22. The van der Waals surface area contributed by atoms with E-state index in [-0.39, 0.29) is 18.0 Å². The van der Waals surface area contributed by atoms with Crippen molar-refractivity contribution in [3.8, 4) is 0 Å². The van der Waals surface area contributed by atoms with Gasteiger partial charge in [-0.3, -0.25) is 24.5 Å². The van der Waals surface area contributed by atoms with Gasteiger partial charge >= 0.3 is 17.8 Å². The van der Waals surface area contributed by atoms with Crippen LogP contribution in [0.3, 0.4) is 0 Å². The van der Waals surface area contributed by atoms with Gasteiger partial charge in [-0.1, -0.05) is 27.7 Å². The van der Waals surface area contributed by atoms with E-state index in [2.05, 4.69) is 15.0 Å². The number of H-pyrrole nitrogens is 1. The van der Waals surface area contributed by atoms with E-state index in [0.717, 1.165) is 4.90 Å². The number of ether oxygens (including phenoxy) is 3. The second-order valence-corrected chi connectivity index (χ2v) is 11.9. The number of aliphatic hydroxyl groups excluding tert-OH is 1. The maximum Gasteiger partial charge on any atom is 0.408 e. The number of aromatic amines is 1. The predicted molar refractivity (Wildman–Crippen MR) is 153 cm³/mol. The molecule has 14 nitrogen and oxygen atoms in total. The molecule has 41 heavy (non-hydrogen) atoms. The van der Waals surface area contributed by atoms with Gasteiger partial charge in [-0.25, -0.2) is 14.4 Å². The Bertz CT molecular complexity index is 1350. The van der Waals surface area contributed by atoms with E-state index in [1.165, 1.54) is 51.6 Å². The van der Waals surface area contributed by atoms with Gasteiger partial charge in [-0.05, 0) is 45.9 Å². The summed E-state index contributed by atoms with van der Waals surface area (Å²) >= 11 is 0. The molecular weight excluding hydrogens is 580 g/mol. The minimum Gasteiger partial charge on any atom is -0.467 e. The number of aromatic nitrogens is 2. The summed E-state index contributed by atoms with van der Waals surface area (Å²) in [6, 6.07) is 5.17. The molecule has 2 aromatic rings. The molecule has 16 heteroatoms. The predicted octanol–water partition coefficient (Wildman–Crippen LogP) is 2.69. The molecule has 0 radical (unpaired) electrons. The zero-order valence-corrected chi connectivity index (χ0v) is 24.7. The molecule has 0 aliphatic carbocycles. The Morgan fingerprint density at radius 2 is 1.90 bits per heavy atom. The number of esters is 1. The zero-order valence-electron chi connectivity index (χ0n) is 23.0. The minimum absolute atomic E-state index is 0.00776. The quantitative estimate of drug-likeness (QED) is 0.123. The van der Waals surface area contributed by atoms with Gasteiger partial charge in [0.1, 0.15) is 17.7 Å². The summed E-state index contributed by atoms with van der Waals surface area (Å²) in [4.78, 5) is 59.4. The Balaban J connectivity index is 0.000000314. The number of nitrogens with one attached hydrogen (secondary N) is 2. The van der Waals surface area contributed by atoms with Crippen molar-refractivity contribution < 1.29 is 33.8 Å². The second-order valence-electron chi connectivity index (χ2n) is 9.45. The number of non-ortho nitro benzene ring substituents is 1. The Morgan fingerprint density at radius 3 is 2.44 bits per heavy atom. The SMILES string of the molecule is COC(=O)[C@H](CSSc1ccc([N+](=O)[O-])cc1)NC(=O)OC(C)(C)C.Cc1cn([C@H]2C=C[C@@H](CO)O2)c(=O)[nH]c1=O. The van der Waals surface area contributed by atoms with Gasteiger partial charge in [0.05, 0.1) is 18.6 Å². The molecular formula is C25H32N4O10S2. The minimum atomic E-state index is -0.865. The van der Waals surface area contributed by atoms with Crippen LogP contribution < -0.4 is 16.6 Å². The number of hydrogen-bond acceptors (Lipinski definition) is 12. The monoisotopic (exact) mass is 612 g/mol. The number of alkyl carbamates (subject to hydrolysis) is 1. The van der Waals surface area contributed by atoms with Crippen LogP contribution in [0.5, 0.6) is 0 Å². The molecule has 0 unspecified atom stereocenters. The largest absolute Gasteiger partial charge is 0.467 e. The average Bonchev–Trinajstić information content (AvgIpc) is 3.38. The molecule has 0 saturated carbocycles. The maximum atomic E-state index is 11.8. The number of benzene rings is 1. The van der Waals surface area contributed by atoms with Crippen molar-refractivity contribution in [3.63, 3.8) is 0 Å². The summed E-state index contributed by atoms with van der Waals surface area (Å²) < 4.78 is 16.4. The third-order valence-corrected chi connectivity index (χ3v) is 7.41. The van der Waals surface area contributed by atoms with E-state index in [4.69, 9.17) is 14.6 Å². The highest BCUT2D eigenvalue weighted by Gasteiger charge is 2.25. The molecule has 3 N–H and O–H groups in total. The number of rotatable bonds is 9. The first-order valence-corrected chi connectivity index (χ1v) is 14.4. The van der Waals surface area contributed by atoms with Crippen LogP contribution in [0, 0.1) is 17.0 Å². The molecule has 0 fully saturated rings. The molecule has 0 spiro atoms. The summed E-state index contributed by atoms with van der Waals surface area (Å²) in [5.74, 6) is -0.337. The molecule has 0 bridgehead atoms. The summed E-state index contributed by atoms with van der Waals surface area (Å²) in [7, 11) is 3.88. The van der Waals surface area contributed by atoms with E-state index in [1.54, 1.807) is 52.0 Å². The number of nitro groups is 1. The van der Waals surface area contributed by atoms with Crippen molar-refractivity contribution in [3.05, 3.63) is 79.1 Å². The summed E-state index contributed by atoms with van der Waals surface area (Å²) in [6.07, 6.45) is 3.11. The van der Waals surface area contributed by atoms with Gasteiger partial charge in [0, 0.05) is 34.5 Å². The fourth-order valence-electron chi connectivity index (χ4n) is 3.08. The van der Waals surface area contributed by atoms with Gasteiger partial charge in [-0.2, -0.15) is 0 Å².